The second-order valence-corrected chi connectivity index (χ2v) is 6.19. The van der Waals surface area contributed by atoms with Gasteiger partial charge in [-0.3, -0.25) is 9.59 Å². The van der Waals surface area contributed by atoms with Gasteiger partial charge in [0.2, 0.25) is 0 Å². The van der Waals surface area contributed by atoms with Crippen molar-refractivity contribution >= 4 is 11.8 Å². The number of carbonyl (C=O) groups is 2. The topological polar surface area (TPSA) is 83.4 Å². The summed E-state index contributed by atoms with van der Waals surface area (Å²) in [5.41, 5.74) is 1.88. The molecule has 0 spiro atoms. The number of hydrogen-bond acceptors (Lipinski definition) is 4. The van der Waals surface area contributed by atoms with Gasteiger partial charge in [-0.25, -0.2) is 0 Å². The molecule has 2 amide bonds. The molecule has 1 aromatic carbocycles. The minimum absolute atomic E-state index is 0.161. The Bertz CT molecular complexity index is 731. The summed E-state index contributed by atoms with van der Waals surface area (Å²) in [5.74, 6) is 0.850. The van der Waals surface area contributed by atoms with Gasteiger partial charge in [0.1, 0.15) is 5.76 Å². The fourth-order valence-corrected chi connectivity index (χ4v) is 3.03. The summed E-state index contributed by atoms with van der Waals surface area (Å²) in [5, 5.41) is 8.71. The monoisotopic (exact) mass is 341 g/mol. The van der Waals surface area contributed by atoms with Crippen LogP contribution in [0.5, 0.6) is 0 Å². The highest BCUT2D eigenvalue weighted by molar-refractivity contribution is 5.94. The first-order valence-electron chi connectivity index (χ1n) is 8.57. The first-order valence-corrected chi connectivity index (χ1v) is 8.57. The Balaban J connectivity index is 1.56. The van der Waals surface area contributed by atoms with Crippen molar-refractivity contribution in [3.05, 3.63) is 59.0 Å². The van der Waals surface area contributed by atoms with Crippen molar-refractivity contribution < 1.29 is 14.0 Å². The van der Waals surface area contributed by atoms with Gasteiger partial charge in [-0.2, -0.15) is 0 Å². The number of benzene rings is 1. The maximum Gasteiger partial charge on any atom is 0.286 e. The molecule has 1 aromatic heterocycles. The van der Waals surface area contributed by atoms with Gasteiger partial charge in [-0.1, -0.05) is 12.1 Å². The lowest BCUT2D eigenvalue weighted by Crippen LogP contribution is -2.28. The van der Waals surface area contributed by atoms with E-state index < -0.39 is 0 Å². The van der Waals surface area contributed by atoms with Crippen molar-refractivity contribution in [2.24, 2.45) is 0 Å². The second kappa shape index (κ2) is 7.98. The van der Waals surface area contributed by atoms with Crippen LogP contribution in [0.1, 0.15) is 51.0 Å². The van der Waals surface area contributed by atoms with Crippen LogP contribution in [-0.4, -0.2) is 32.0 Å². The molecule has 1 atom stereocenters. The van der Waals surface area contributed by atoms with Gasteiger partial charge in [-0.15, -0.1) is 0 Å². The van der Waals surface area contributed by atoms with Crippen LogP contribution in [0.2, 0.25) is 0 Å². The van der Waals surface area contributed by atoms with Gasteiger partial charge in [0, 0.05) is 19.2 Å². The maximum atomic E-state index is 12.3. The van der Waals surface area contributed by atoms with E-state index in [1.165, 1.54) is 18.4 Å². The Hall–Kier alpha value is -2.60. The van der Waals surface area contributed by atoms with Crippen LogP contribution in [-0.2, 0) is 6.54 Å². The van der Waals surface area contributed by atoms with Crippen molar-refractivity contribution in [3.63, 3.8) is 0 Å². The SMILES string of the molecule is CNC(=O)c1ccc(CNC(=O)c2ccc(C3CCCNC3)cc2)o1. The second-order valence-electron chi connectivity index (χ2n) is 6.19. The summed E-state index contributed by atoms with van der Waals surface area (Å²) < 4.78 is 5.39. The fraction of sp³-hybridized carbons (Fsp3) is 0.368. The number of amides is 2. The van der Waals surface area contributed by atoms with Gasteiger partial charge in [0.25, 0.3) is 11.8 Å². The Morgan fingerprint density at radius 3 is 2.64 bits per heavy atom. The van der Waals surface area contributed by atoms with Gasteiger partial charge in [0.15, 0.2) is 5.76 Å². The molecule has 2 heterocycles. The summed E-state index contributed by atoms with van der Waals surface area (Å²) in [6.45, 7) is 2.33. The number of nitrogens with one attached hydrogen (secondary N) is 3. The molecule has 132 valence electrons. The molecular weight excluding hydrogens is 318 g/mol. The molecule has 1 saturated heterocycles. The summed E-state index contributed by atoms with van der Waals surface area (Å²) in [6.07, 6.45) is 2.37. The zero-order chi connectivity index (χ0) is 17.6. The minimum Gasteiger partial charge on any atom is -0.454 e. The van der Waals surface area contributed by atoms with E-state index in [1.54, 1.807) is 19.2 Å². The standard InChI is InChI=1S/C19H23N3O3/c1-20-19(24)17-9-8-16(25-17)12-22-18(23)14-6-4-13(5-7-14)15-3-2-10-21-11-15/h4-9,15,21H,2-3,10-12H2,1H3,(H,20,24)(H,22,23). The minimum atomic E-state index is -0.287. The van der Waals surface area contributed by atoms with Gasteiger partial charge in [-0.05, 0) is 55.1 Å². The third-order valence-corrected chi connectivity index (χ3v) is 4.48. The number of furan rings is 1. The fourth-order valence-electron chi connectivity index (χ4n) is 3.03. The molecule has 3 N–H and O–H groups in total. The molecule has 1 fully saturated rings. The highest BCUT2D eigenvalue weighted by atomic mass is 16.4. The molecule has 3 rings (SSSR count). The highest BCUT2D eigenvalue weighted by Gasteiger charge is 2.16. The van der Waals surface area contributed by atoms with E-state index in [4.69, 9.17) is 4.42 Å². The van der Waals surface area contributed by atoms with Crippen LogP contribution in [0.3, 0.4) is 0 Å². The van der Waals surface area contributed by atoms with Crippen molar-refractivity contribution in [3.8, 4) is 0 Å². The van der Waals surface area contributed by atoms with E-state index in [0.717, 1.165) is 13.1 Å². The zero-order valence-corrected chi connectivity index (χ0v) is 14.3. The highest BCUT2D eigenvalue weighted by Crippen LogP contribution is 2.23. The lowest BCUT2D eigenvalue weighted by atomic mass is 9.91. The molecule has 25 heavy (non-hydrogen) atoms. The van der Waals surface area contributed by atoms with Crippen molar-refractivity contribution in [1.82, 2.24) is 16.0 Å². The smallest absolute Gasteiger partial charge is 0.286 e. The van der Waals surface area contributed by atoms with Gasteiger partial charge >= 0.3 is 0 Å². The maximum absolute atomic E-state index is 12.3. The lowest BCUT2D eigenvalue weighted by Gasteiger charge is -2.23. The number of piperidine rings is 1. The van der Waals surface area contributed by atoms with Crippen LogP contribution in [0, 0.1) is 0 Å². The summed E-state index contributed by atoms with van der Waals surface area (Å²) in [6, 6.07) is 11.1. The van der Waals surface area contributed by atoms with E-state index in [1.807, 2.05) is 24.3 Å². The zero-order valence-electron chi connectivity index (χ0n) is 14.3. The average Bonchev–Trinajstić information content (AvgIpc) is 3.15. The molecule has 0 saturated carbocycles. The number of carbonyl (C=O) groups excluding carboxylic acids is 2. The summed E-state index contributed by atoms with van der Waals surface area (Å²) in [4.78, 5) is 23.7. The molecule has 2 aromatic rings. The predicted octanol–water partition coefficient (Wildman–Crippen LogP) is 2.04. The lowest BCUT2D eigenvalue weighted by molar-refractivity contribution is 0.0933. The van der Waals surface area contributed by atoms with Gasteiger partial charge < -0.3 is 20.4 Å². The Morgan fingerprint density at radius 2 is 1.96 bits per heavy atom. The first kappa shape index (κ1) is 17.2. The Morgan fingerprint density at radius 1 is 1.16 bits per heavy atom. The molecule has 1 unspecified atom stereocenters. The average molecular weight is 341 g/mol. The van der Waals surface area contributed by atoms with Crippen LogP contribution in [0.15, 0.2) is 40.8 Å². The predicted molar refractivity (Wildman–Crippen MR) is 94.6 cm³/mol. The first-order chi connectivity index (χ1) is 12.2. The molecule has 0 radical (unpaired) electrons. The quantitative estimate of drug-likeness (QED) is 0.777. The van der Waals surface area contributed by atoms with Crippen LogP contribution in [0.4, 0.5) is 0 Å². The Kier molecular flexibility index (Phi) is 5.50. The molecule has 0 bridgehead atoms. The molecule has 0 aliphatic carbocycles. The van der Waals surface area contributed by atoms with Crippen LogP contribution in [0.25, 0.3) is 0 Å². The normalized spacial score (nSPS) is 17.1. The number of hydrogen-bond donors (Lipinski definition) is 3. The number of rotatable bonds is 5. The van der Waals surface area contributed by atoms with E-state index in [0.29, 0.717) is 17.2 Å². The van der Waals surface area contributed by atoms with Crippen LogP contribution >= 0.6 is 0 Å². The van der Waals surface area contributed by atoms with Crippen molar-refractivity contribution in [2.45, 2.75) is 25.3 Å². The largest absolute Gasteiger partial charge is 0.454 e. The summed E-state index contributed by atoms with van der Waals surface area (Å²) in [7, 11) is 1.54. The molecule has 1 aliphatic heterocycles. The van der Waals surface area contributed by atoms with Crippen molar-refractivity contribution in [1.29, 1.82) is 0 Å². The van der Waals surface area contributed by atoms with E-state index in [2.05, 4.69) is 16.0 Å². The third kappa shape index (κ3) is 4.28. The molecule has 1 aliphatic rings. The van der Waals surface area contributed by atoms with Crippen molar-refractivity contribution in [2.75, 3.05) is 20.1 Å². The van der Waals surface area contributed by atoms with Crippen LogP contribution < -0.4 is 16.0 Å². The van der Waals surface area contributed by atoms with E-state index in [9.17, 15) is 9.59 Å². The Labute approximate surface area is 147 Å². The van der Waals surface area contributed by atoms with Gasteiger partial charge in [0.05, 0.1) is 6.54 Å². The molecule has 6 heteroatoms. The van der Waals surface area contributed by atoms with E-state index in [-0.39, 0.29) is 24.1 Å². The third-order valence-electron chi connectivity index (χ3n) is 4.48. The van der Waals surface area contributed by atoms with E-state index >= 15 is 0 Å². The summed E-state index contributed by atoms with van der Waals surface area (Å²) >= 11 is 0. The molecular formula is C19H23N3O3. The molecule has 6 nitrogen and oxygen atoms in total.